The molecule has 2 saturated carbocycles. The second-order valence-corrected chi connectivity index (χ2v) is 9.92. The number of ether oxygens (including phenoxy) is 2. The number of esters is 2. The summed E-state index contributed by atoms with van der Waals surface area (Å²) in [6.45, 7) is 0. The van der Waals surface area contributed by atoms with Gasteiger partial charge in [0.25, 0.3) is 0 Å². The van der Waals surface area contributed by atoms with Gasteiger partial charge in [-0.15, -0.1) is 0 Å². The lowest BCUT2D eigenvalue weighted by atomic mass is 9.85. The third-order valence-corrected chi connectivity index (χ3v) is 7.95. The molecule has 0 atom stereocenters. The maximum Gasteiger partial charge on any atom is 0.336 e. The van der Waals surface area contributed by atoms with Crippen molar-refractivity contribution < 1.29 is 19.1 Å². The topological polar surface area (TPSA) is 52.6 Å². The Labute approximate surface area is 195 Å². The first-order valence-corrected chi connectivity index (χ1v) is 12.6. The Kier molecular flexibility index (Phi) is 5.12. The summed E-state index contributed by atoms with van der Waals surface area (Å²) in [5.74, 6) is -0.687. The lowest BCUT2D eigenvalue weighted by molar-refractivity contribution is -0.147. The molecule has 4 aliphatic carbocycles. The number of carbonyl (C=O) groups is 2. The average Bonchev–Trinajstić information content (AvgIpc) is 3.48. The predicted molar refractivity (Wildman–Crippen MR) is 126 cm³/mol. The van der Waals surface area contributed by atoms with E-state index < -0.39 is 5.41 Å². The minimum Gasteiger partial charge on any atom is -0.459 e. The molecule has 0 aromatic heterocycles. The van der Waals surface area contributed by atoms with Crippen molar-refractivity contribution in [2.75, 3.05) is 0 Å². The molecular formula is C29H30O4. The van der Waals surface area contributed by atoms with Crippen molar-refractivity contribution in [3.8, 4) is 11.1 Å². The van der Waals surface area contributed by atoms with Crippen LogP contribution < -0.4 is 0 Å². The second kappa shape index (κ2) is 8.16. The van der Waals surface area contributed by atoms with Gasteiger partial charge < -0.3 is 9.47 Å². The third-order valence-electron chi connectivity index (χ3n) is 7.95. The SMILES string of the molecule is O=C(OC1CCCCC1)C1=C(C(=O)OC2CCCCC2)C12c1ccccc1-c1ccccc12. The lowest BCUT2D eigenvalue weighted by Gasteiger charge is -2.23. The van der Waals surface area contributed by atoms with Crippen LogP contribution in [0.2, 0.25) is 0 Å². The summed E-state index contributed by atoms with van der Waals surface area (Å²) < 4.78 is 12.0. The summed E-state index contributed by atoms with van der Waals surface area (Å²) in [7, 11) is 0. The summed E-state index contributed by atoms with van der Waals surface area (Å²) in [6, 6.07) is 16.2. The van der Waals surface area contributed by atoms with Gasteiger partial charge in [-0.3, -0.25) is 0 Å². The van der Waals surface area contributed by atoms with Crippen LogP contribution in [-0.2, 0) is 24.5 Å². The minimum absolute atomic E-state index is 0.0566. The number of carbonyl (C=O) groups excluding carboxylic acids is 2. The van der Waals surface area contributed by atoms with E-state index >= 15 is 0 Å². The number of hydrogen-bond acceptors (Lipinski definition) is 4. The standard InChI is InChI=1S/C29H30O4/c30-27(32-19-11-3-1-4-12-19)25-26(28(31)33-20-13-5-2-6-14-20)29(25)23-17-9-7-15-21(23)22-16-8-10-18-24(22)29/h7-10,15-20H,1-6,11-14H2. The first kappa shape index (κ1) is 20.7. The molecule has 4 nitrogen and oxygen atoms in total. The smallest absolute Gasteiger partial charge is 0.336 e. The molecule has 0 heterocycles. The van der Waals surface area contributed by atoms with Gasteiger partial charge >= 0.3 is 11.9 Å². The quantitative estimate of drug-likeness (QED) is 0.544. The molecule has 0 bridgehead atoms. The van der Waals surface area contributed by atoms with E-state index in [2.05, 4.69) is 12.1 Å². The number of rotatable bonds is 4. The summed E-state index contributed by atoms with van der Waals surface area (Å²) in [5, 5.41) is 0. The molecule has 2 aromatic rings. The van der Waals surface area contributed by atoms with Crippen molar-refractivity contribution in [2.45, 2.75) is 81.8 Å². The number of fused-ring (bicyclic) bond motifs is 5. The molecular weight excluding hydrogens is 412 g/mol. The first-order valence-electron chi connectivity index (χ1n) is 12.6. The highest BCUT2D eigenvalue weighted by molar-refractivity contribution is 6.19. The van der Waals surface area contributed by atoms with Crippen LogP contribution in [0.5, 0.6) is 0 Å². The Morgan fingerprint density at radius 2 is 1.00 bits per heavy atom. The molecule has 170 valence electrons. The Morgan fingerprint density at radius 3 is 1.42 bits per heavy atom. The van der Waals surface area contributed by atoms with Crippen LogP contribution in [0.25, 0.3) is 11.1 Å². The largest absolute Gasteiger partial charge is 0.459 e. The molecule has 2 fully saturated rings. The third kappa shape index (κ3) is 3.25. The summed E-state index contributed by atoms with van der Waals surface area (Å²) in [5.41, 5.74) is 4.31. The van der Waals surface area contributed by atoms with Crippen LogP contribution >= 0.6 is 0 Å². The van der Waals surface area contributed by atoms with Gasteiger partial charge in [0.05, 0.1) is 16.6 Å². The molecule has 0 amide bonds. The van der Waals surface area contributed by atoms with Crippen LogP contribution in [0.4, 0.5) is 0 Å². The van der Waals surface area contributed by atoms with Crippen molar-refractivity contribution in [3.05, 3.63) is 70.8 Å². The van der Waals surface area contributed by atoms with Gasteiger partial charge in [-0.05, 0) is 73.6 Å². The van der Waals surface area contributed by atoms with Gasteiger partial charge in [0.1, 0.15) is 12.2 Å². The first-order chi connectivity index (χ1) is 16.2. The highest BCUT2D eigenvalue weighted by Crippen LogP contribution is 2.66. The van der Waals surface area contributed by atoms with E-state index in [-0.39, 0.29) is 24.1 Å². The summed E-state index contributed by atoms with van der Waals surface area (Å²) in [4.78, 5) is 27.1. The normalized spacial score (nSPS) is 21.5. The zero-order valence-electron chi connectivity index (χ0n) is 19.0. The molecule has 6 rings (SSSR count). The maximum absolute atomic E-state index is 13.6. The average molecular weight is 443 g/mol. The molecule has 0 saturated heterocycles. The van der Waals surface area contributed by atoms with Gasteiger partial charge in [0.15, 0.2) is 0 Å². The van der Waals surface area contributed by atoms with E-state index in [9.17, 15) is 9.59 Å². The van der Waals surface area contributed by atoms with Crippen molar-refractivity contribution in [2.24, 2.45) is 0 Å². The molecule has 4 aliphatic rings. The Bertz CT molecular complexity index is 1040. The van der Waals surface area contributed by atoms with Crippen LogP contribution in [0.3, 0.4) is 0 Å². The monoisotopic (exact) mass is 442 g/mol. The Morgan fingerprint density at radius 1 is 0.606 bits per heavy atom. The van der Waals surface area contributed by atoms with Crippen molar-refractivity contribution >= 4 is 11.9 Å². The number of hydrogen-bond donors (Lipinski definition) is 0. The van der Waals surface area contributed by atoms with Crippen LogP contribution in [-0.4, -0.2) is 24.1 Å². The minimum atomic E-state index is -0.829. The molecule has 33 heavy (non-hydrogen) atoms. The Balaban J connectivity index is 1.40. The van der Waals surface area contributed by atoms with Crippen molar-refractivity contribution in [1.82, 2.24) is 0 Å². The van der Waals surface area contributed by atoms with Crippen LogP contribution in [0, 0.1) is 0 Å². The zero-order valence-corrected chi connectivity index (χ0v) is 19.0. The Hall–Kier alpha value is -2.88. The van der Waals surface area contributed by atoms with E-state index in [4.69, 9.17) is 9.47 Å². The zero-order chi connectivity index (χ0) is 22.4. The summed E-state index contributed by atoms with van der Waals surface area (Å²) >= 11 is 0. The maximum atomic E-state index is 13.6. The van der Waals surface area contributed by atoms with Gasteiger partial charge in [-0.25, -0.2) is 9.59 Å². The van der Waals surface area contributed by atoms with Crippen molar-refractivity contribution in [3.63, 3.8) is 0 Å². The van der Waals surface area contributed by atoms with E-state index in [0.717, 1.165) is 73.6 Å². The molecule has 4 heteroatoms. The van der Waals surface area contributed by atoms with Crippen molar-refractivity contribution in [1.29, 1.82) is 0 Å². The molecule has 0 radical (unpaired) electrons. The lowest BCUT2D eigenvalue weighted by Crippen LogP contribution is -2.25. The summed E-state index contributed by atoms with van der Waals surface area (Å²) in [6.07, 6.45) is 10.2. The molecule has 0 unspecified atom stereocenters. The van der Waals surface area contributed by atoms with Gasteiger partial charge in [-0.1, -0.05) is 61.4 Å². The molecule has 0 aliphatic heterocycles. The fraction of sp³-hybridized carbons (Fsp3) is 0.448. The van der Waals surface area contributed by atoms with Gasteiger partial charge in [0, 0.05) is 0 Å². The second-order valence-electron chi connectivity index (χ2n) is 9.92. The van der Waals surface area contributed by atoms with E-state index in [0.29, 0.717) is 11.1 Å². The van der Waals surface area contributed by atoms with E-state index in [1.807, 2.05) is 36.4 Å². The van der Waals surface area contributed by atoms with Crippen LogP contribution in [0.1, 0.15) is 75.3 Å². The van der Waals surface area contributed by atoms with E-state index in [1.165, 1.54) is 12.8 Å². The number of benzene rings is 2. The van der Waals surface area contributed by atoms with Gasteiger partial charge in [-0.2, -0.15) is 0 Å². The van der Waals surface area contributed by atoms with Gasteiger partial charge in [0.2, 0.25) is 0 Å². The molecule has 1 spiro atoms. The van der Waals surface area contributed by atoms with E-state index in [1.54, 1.807) is 0 Å². The molecule has 2 aromatic carbocycles. The fourth-order valence-electron chi connectivity index (χ4n) is 6.35. The molecule has 0 N–H and O–H groups in total. The van der Waals surface area contributed by atoms with Crippen LogP contribution in [0.15, 0.2) is 59.7 Å². The fourth-order valence-corrected chi connectivity index (χ4v) is 6.35. The highest BCUT2D eigenvalue weighted by Gasteiger charge is 2.67. The predicted octanol–water partition coefficient (Wildman–Crippen LogP) is 6.02. The highest BCUT2D eigenvalue weighted by atomic mass is 16.6.